The number of alkyl halides is 1. The smallest absolute Gasteiger partial charge is 0.312 e. The summed E-state index contributed by atoms with van der Waals surface area (Å²) in [6.07, 6.45) is 0. The number of carboxylic acids is 1. The Morgan fingerprint density at radius 1 is 1.44 bits per heavy atom. The van der Waals surface area contributed by atoms with Crippen LogP contribution in [0.5, 0.6) is 0 Å². The maximum Gasteiger partial charge on any atom is 0.312 e. The average Bonchev–Trinajstić information content (AvgIpc) is 2.22. The van der Waals surface area contributed by atoms with Crippen molar-refractivity contribution in [2.75, 3.05) is 6.54 Å². The van der Waals surface area contributed by atoms with Crippen molar-refractivity contribution in [2.24, 2.45) is 5.73 Å². The van der Waals surface area contributed by atoms with E-state index in [9.17, 15) is 18.0 Å². The first kappa shape index (κ1) is 14.5. The van der Waals surface area contributed by atoms with E-state index in [0.717, 1.165) is 6.07 Å². The van der Waals surface area contributed by atoms with E-state index in [1.54, 1.807) is 0 Å². The lowest BCUT2D eigenvalue weighted by molar-refractivity contribution is -0.138. The van der Waals surface area contributed by atoms with Gasteiger partial charge in [0.15, 0.2) is 11.6 Å². The number of rotatable bonds is 4. The molecule has 1 atom stereocenters. The van der Waals surface area contributed by atoms with Crippen LogP contribution < -0.4 is 5.73 Å². The minimum absolute atomic E-state index is 0.129. The van der Waals surface area contributed by atoms with Crippen LogP contribution in [0, 0.1) is 11.6 Å². The highest BCUT2D eigenvalue weighted by Crippen LogP contribution is 2.30. The lowest BCUT2D eigenvalue weighted by atomic mass is 9.91. The van der Waals surface area contributed by atoms with Crippen molar-refractivity contribution in [3.05, 3.63) is 34.9 Å². The SMILES string of the molecule is CC(C)(F)c1cc(F)c(F)c(C(CN)C(=O)O)c1. The fourth-order valence-electron chi connectivity index (χ4n) is 1.57. The number of halogens is 3. The van der Waals surface area contributed by atoms with Crippen LogP contribution in [0.25, 0.3) is 0 Å². The van der Waals surface area contributed by atoms with Crippen LogP contribution >= 0.6 is 0 Å². The molecule has 1 unspecified atom stereocenters. The summed E-state index contributed by atoms with van der Waals surface area (Å²) in [4.78, 5) is 10.9. The average molecular weight is 261 g/mol. The molecule has 0 saturated heterocycles. The van der Waals surface area contributed by atoms with Crippen LogP contribution in [0.3, 0.4) is 0 Å². The van der Waals surface area contributed by atoms with Crippen molar-refractivity contribution in [2.45, 2.75) is 25.4 Å². The van der Waals surface area contributed by atoms with Crippen molar-refractivity contribution in [1.29, 1.82) is 0 Å². The highest BCUT2D eigenvalue weighted by Gasteiger charge is 2.28. The van der Waals surface area contributed by atoms with Crippen LogP contribution in [0.15, 0.2) is 12.1 Å². The summed E-state index contributed by atoms with van der Waals surface area (Å²) in [6, 6.07) is 1.72. The molecule has 0 aliphatic rings. The first-order chi connectivity index (χ1) is 8.18. The molecule has 1 aromatic rings. The third-order valence-electron chi connectivity index (χ3n) is 2.65. The van der Waals surface area contributed by atoms with Crippen LogP contribution in [0.4, 0.5) is 13.2 Å². The molecule has 1 aromatic carbocycles. The molecule has 3 N–H and O–H groups in total. The molecule has 0 spiro atoms. The summed E-state index contributed by atoms with van der Waals surface area (Å²) in [6.45, 7) is 1.94. The predicted molar refractivity (Wildman–Crippen MR) is 59.9 cm³/mol. The predicted octanol–water partition coefficient (Wildman–Crippen LogP) is 2.30. The summed E-state index contributed by atoms with van der Waals surface area (Å²) in [7, 11) is 0. The quantitative estimate of drug-likeness (QED) is 0.874. The fraction of sp³-hybridized carbons (Fsp3) is 0.417. The summed E-state index contributed by atoms with van der Waals surface area (Å²) in [5.41, 5.74) is 2.75. The van der Waals surface area contributed by atoms with Crippen LogP contribution in [0.1, 0.15) is 30.9 Å². The van der Waals surface area contributed by atoms with E-state index < -0.39 is 41.3 Å². The lowest BCUT2D eigenvalue weighted by Gasteiger charge is -2.19. The van der Waals surface area contributed by atoms with E-state index >= 15 is 0 Å². The molecule has 0 aliphatic carbocycles. The Kier molecular flexibility index (Phi) is 4.01. The molecule has 0 aliphatic heterocycles. The zero-order valence-corrected chi connectivity index (χ0v) is 10.0. The zero-order valence-electron chi connectivity index (χ0n) is 10.0. The van der Waals surface area contributed by atoms with Crippen molar-refractivity contribution >= 4 is 5.97 Å². The molecule has 18 heavy (non-hydrogen) atoms. The van der Waals surface area contributed by atoms with Gasteiger partial charge in [0.05, 0.1) is 5.92 Å². The van der Waals surface area contributed by atoms with E-state index in [0.29, 0.717) is 6.07 Å². The lowest BCUT2D eigenvalue weighted by Crippen LogP contribution is -2.23. The number of hydrogen-bond donors (Lipinski definition) is 2. The van der Waals surface area contributed by atoms with E-state index in [-0.39, 0.29) is 5.56 Å². The molecular formula is C12H14F3NO2. The summed E-state index contributed by atoms with van der Waals surface area (Å²) in [5, 5.41) is 8.87. The van der Waals surface area contributed by atoms with Gasteiger partial charge >= 0.3 is 5.97 Å². The van der Waals surface area contributed by atoms with Crippen LogP contribution in [-0.2, 0) is 10.5 Å². The first-order valence-electron chi connectivity index (χ1n) is 5.29. The second-order valence-corrected chi connectivity index (χ2v) is 4.46. The number of carbonyl (C=O) groups is 1. The second-order valence-electron chi connectivity index (χ2n) is 4.46. The molecule has 3 nitrogen and oxygen atoms in total. The number of carboxylic acid groups (broad SMARTS) is 1. The normalized spacial score (nSPS) is 13.4. The van der Waals surface area contributed by atoms with E-state index in [2.05, 4.69) is 0 Å². The minimum atomic E-state index is -1.90. The fourth-order valence-corrected chi connectivity index (χ4v) is 1.57. The van der Waals surface area contributed by atoms with E-state index in [4.69, 9.17) is 10.8 Å². The Balaban J connectivity index is 3.43. The summed E-state index contributed by atoms with van der Waals surface area (Å²) < 4.78 is 40.6. The molecule has 0 aromatic heterocycles. The maximum absolute atomic E-state index is 13.7. The van der Waals surface area contributed by atoms with E-state index in [1.807, 2.05) is 0 Å². The molecule has 1 rings (SSSR count). The summed E-state index contributed by atoms with van der Waals surface area (Å²) in [5.74, 6) is -5.37. The monoisotopic (exact) mass is 261 g/mol. The van der Waals surface area contributed by atoms with Crippen molar-refractivity contribution in [1.82, 2.24) is 0 Å². The Bertz CT molecular complexity index is 469. The highest BCUT2D eigenvalue weighted by atomic mass is 19.2. The molecule has 0 radical (unpaired) electrons. The van der Waals surface area contributed by atoms with Gasteiger partial charge in [0.1, 0.15) is 5.67 Å². The van der Waals surface area contributed by atoms with Crippen molar-refractivity contribution in [3.8, 4) is 0 Å². The number of hydrogen-bond acceptors (Lipinski definition) is 2. The van der Waals surface area contributed by atoms with Gasteiger partial charge in [-0.15, -0.1) is 0 Å². The topological polar surface area (TPSA) is 63.3 Å². The van der Waals surface area contributed by atoms with Gasteiger partial charge < -0.3 is 10.8 Å². The number of aliphatic carboxylic acids is 1. The zero-order chi connectivity index (χ0) is 14.1. The minimum Gasteiger partial charge on any atom is -0.481 e. The summed E-state index contributed by atoms with van der Waals surface area (Å²) >= 11 is 0. The third kappa shape index (κ3) is 2.81. The largest absolute Gasteiger partial charge is 0.481 e. The van der Waals surface area contributed by atoms with Crippen LogP contribution in [-0.4, -0.2) is 17.6 Å². The number of nitrogens with two attached hydrogens (primary N) is 1. The van der Waals surface area contributed by atoms with Gasteiger partial charge in [-0.3, -0.25) is 4.79 Å². The Morgan fingerprint density at radius 3 is 2.39 bits per heavy atom. The molecule has 0 amide bonds. The molecule has 0 bridgehead atoms. The van der Waals surface area contributed by atoms with Crippen LogP contribution in [0.2, 0.25) is 0 Å². The van der Waals surface area contributed by atoms with Gasteiger partial charge in [0.25, 0.3) is 0 Å². The van der Waals surface area contributed by atoms with Gasteiger partial charge in [0.2, 0.25) is 0 Å². The molecule has 0 heterocycles. The molecular weight excluding hydrogens is 247 g/mol. The van der Waals surface area contributed by atoms with Crippen molar-refractivity contribution in [3.63, 3.8) is 0 Å². The van der Waals surface area contributed by atoms with Gasteiger partial charge in [0, 0.05) is 12.1 Å². The van der Waals surface area contributed by atoms with Gasteiger partial charge in [-0.05, 0) is 31.5 Å². The van der Waals surface area contributed by atoms with E-state index in [1.165, 1.54) is 13.8 Å². The molecule has 6 heteroatoms. The van der Waals surface area contributed by atoms with Crippen molar-refractivity contribution < 1.29 is 23.1 Å². The molecule has 100 valence electrons. The second kappa shape index (κ2) is 4.97. The van der Waals surface area contributed by atoms with Gasteiger partial charge in [-0.1, -0.05) is 0 Å². The Hall–Kier alpha value is -1.56. The molecule has 0 saturated carbocycles. The Morgan fingerprint density at radius 2 is 2.00 bits per heavy atom. The Labute approximate surface area is 102 Å². The van der Waals surface area contributed by atoms with Gasteiger partial charge in [-0.25, -0.2) is 13.2 Å². The molecule has 0 fully saturated rings. The standard InChI is InChI=1S/C12H14F3NO2/c1-12(2,15)6-3-7(8(5-16)11(17)18)10(14)9(13)4-6/h3-4,8H,5,16H2,1-2H3,(H,17,18). The first-order valence-corrected chi connectivity index (χ1v) is 5.29. The third-order valence-corrected chi connectivity index (χ3v) is 2.65. The highest BCUT2D eigenvalue weighted by molar-refractivity contribution is 5.76. The van der Waals surface area contributed by atoms with Gasteiger partial charge in [-0.2, -0.15) is 0 Å². The number of benzene rings is 1. The maximum atomic E-state index is 13.7.